The van der Waals surface area contributed by atoms with Crippen molar-refractivity contribution in [2.45, 2.75) is 32.2 Å². The van der Waals surface area contributed by atoms with Crippen molar-refractivity contribution in [1.82, 2.24) is 0 Å². The van der Waals surface area contributed by atoms with E-state index in [0.717, 1.165) is 11.4 Å². The quantitative estimate of drug-likeness (QED) is 0.774. The Morgan fingerprint density at radius 1 is 1.26 bits per heavy atom. The number of hydrogen-bond acceptors (Lipinski definition) is 5. The lowest BCUT2D eigenvalue weighted by atomic mass is 9.98. The van der Waals surface area contributed by atoms with Crippen molar-refractivity contribution < 1.29 is 24.2 Å². The smallest absolute Gasteiger partial charge is 0.306 e. The van der Waals surface area contributed by atoms with Crippen molar-refractivity contribution in [3.05, 3.63) is 24.3 Å². The summed E-state index contributed by atoms with van der Waals surface area (Å²) in [5, 5.41) is 11.7. The van der Waals surface area contributed by atoms with Crippen molar-refractivity contribution in [3.63, 3.8) is 0 Å². The van der Waals surface area contributed by atoms with Crippen LogP contribution in [0.25, 0.3) is 0 Å². The highest BCUT2D eigenvalue weighted by Gasteiger charge is 2.38. The number of carbonyl (C=O) groups excluding carboxylic acids is 2. The van der Waals surface area contributed by atoms with Crippen LogP contribution in [0.15, 0.2) is 24.3 Å². The fourth-order valence-corrected chi connectivity index (χ4v) is 2.41. The average molecular weight is 320 g/mol. The van der Waals surface area contributed by atoms with E-state index in [2.05, 4.69) is 5.32 Å². The highest BCUT2D eigenvalue weighted by molar-refractivity contribution is 6.07. The highest BCUT2D eigenvalue weighted by atomic mass is 16.5. The molecule has 1 aromatic rings. The minimum absolute atomic E-state index is 0.0224. The minimum atomic E-state index is -1.05. The number of nitrogens with zero attached hydrogens (tertiary/aromatic N) is 1. The Hall–Kier alpha value is -2.57. The summed E-state index contributed by atoms with van der Waals surface area (Å²) in [6.45, 7) is 3.82. The van der Waals surface area contributed by atoms with Gasteiger partial charge in [-0.2, -0.15) is 0 Å². The van der Waals surface area contributed by atoms with E-state index >= 15 is 0 Å². The molecule has 0 bridgehead atoms. The molecular weight excluding hydrogens is 300 g/mol. The van der Waals surface area contributed by atoms with E-state index < -0.39 is 17.5 Å². The Balaban J connectivity index is 2.00. The molecule has 23 heavy (non-hydrogen) atoms. The first-order valence-corrected chi connectivity index (χ1v) is 7.38. The van der Waals surface area contributed by atoms with Gasteiger partial charge in [-0.15, -0.1) is 0 Å². The first-order chi connectivity index (χ1) is 10.8. The van der Waals surface area contributed by atoms with Gasteiger partial charge in [0.2, 0.25) is 0 Å². The number of anilines is 2. The SMILES string of the molecule is CC1(C)Nc2ccccc2N(CCOC(=O)CCC(=O)O)C1=O. The summed E-state index contributed by atoms with van der Waals surface area (Å²) >= 11 is 0. The second-order valence-corrected chi connectivity index (χ2v) is 5.84. The molecule has 2 N–H and O–H groups in total. The van der Waals surface area contributed by atoms with Gasteiger partial charge in [0.05, 0.1) is 30.8 Å². The van der Waals surface area contributed by atoms with Gasteiger partial charge in [-0.05, 0) is 26.0 Å². The van der Waals surface area contributed by atoms with E-state index in [1.165, 1.54) is 0 Å². The van der Waals surface area contributed by atoms with Crippen molar-refractivity contribution in [2.75, 3.05) is 23.4 Å². The summed E-state index contributed by atoms with van der Waals surface area (Å²) in [7, 11) is 0. The van der Waals surface area contributed by atoms with Gasteiger partial charge in [-0.1, -0.05) is 12.1 Å². The number of carboxylic acid groups (broad SMARTS) is 1. The third-order valence-electron chi connectivity index (χ3n) is 3.54. The number of amides is 1. The lowest BCUT2D eigenvalue weighted by Crippen LogP contribution is -2.54. The molecule has 1 amide bonds. The van der Waals surface area contributed by atoms with Crippen LogP contribution >= 0.6 is 0 Å². The number of esters is 1. The second kappa shape index (κ2) is 6.68. The lowest BCUT2D eigenvalue weighted by Gasteiger charge is -2.39. The molecule has 0 unspecified atom stereocenters. The molecule has 0 spiro atoms. The fourth-order valence-electron chi connectivity index (χ4n) is 2.41. The summed E-state index contributed by atoms with van der Waals surface area (Å²) in [5.41, 5.74) is 0.828. The van der Waals surface area contributed by atoms with E-state index in [1.807, 2.05) is 24.3 Å². The average Bonchev–Trinajstić information content (AvgIpc) is 2.48. The number of hydrogen-bond donors (Lipinski definition) is 2. The summed E-state index contributed by atoms with van der Waals surface area (Å²) in [6.07, 6.45) is -0.436. The predicted molar refractivity (Wildman–Crippen MR) is 84.3 cm³/mol. The predicted octanol–water partition coefficient (Wildman–Crippen LogP) is 1.63. The molecule has 0 aliphatic carbocycles. The number of benzene rings is 1. The first kappa shape index (κ1) is 16.8. The number of fused-ring (bicyclic) bond motifs is 1. The standard InChI is InChI=1S/C16H20N2O5/c1-16(2)15(22)18(12-6-4-3-5-11(12)17-16)9-10-23-14(21)8-7-13(19)20/h3-6,17H,7-10H2,1-2H3,(H,19,20). The molecular formula is C16H20N2O5. The van der Waals surface area contributed by atoms with Crippen LogP contribution < -0.4 is 10.2 Å². The van der Waals surface area contributed by atoms with E-state index in [-0.39, 0.29) is 31.9 Å². The van der Waals surface area contributed by atoms with Gasteiger partial charge < -0.3 is 20.1 Å². The van der Waals surface area contributed by atoms with E-state index in [0.29, 0.717) is 0 Å². The molecule has 7 heteroatoms. The maximum absolute atomic E-state index is 12.5. The van der Waals surface area contributed by atoms with Crippen LogP contribution in [0, 0.1) is 0 Å². The number of carboxylic acids is 1. The molecule has 124 valence electrons. The molecule has 0 saturated heterocycles. The zero-order valence-electron chi connectivity index (χ0n) is 13.2. The normalized spacial score (nSPS) is 15.6. The van der Waals surface area contributed by atoms with E-state index in [1.54, 1.807) is 18.7 Å². The van der Waals surface area contributed by atoms with Gasteiger partial charge in [0.15, 0.2) is 0 Å². The van der Waals surface area contributed by atoms with Crippen molar-refractivity contribution in [2.24, 2.45) is 0 Å². The van der Waals surface area contributed by atoms with Crippen molar-refractivity contribution >= 4 is 29.2 Å². The zero-order valence-corrected chi connectivity index (χ0v) is 13.2. The Bertz CT molecular complexity index is 627. The summed E-state index contributed by atoms with van der Waals surface area (Å²) < 4.78 is 5.01. The van der Waals surface area contributed by atoms with Gasteiger partial charge in [-0.25, -0.2) is 0 Å². The van der Waals surface area contributed by atoms with Crippen molar-refractivity contribution in [3.8, 4) is 0 Å². The fraction of sp³-hybridized carbons (Fsp3) is 0.438. The topological polar surface area (TPSA) is 95.9 Å². The Kier molecular flexibility index (Phi) is 4.88. The molecule has 7 nitrogen and oxygen atoms in total. The monoisotopic (exact) mass is 320 g/mol. The van der Waals surface area contributed by atoms with Crippen LogP contribution in [-0.4, -0.2) is 41.6 Å². The van der Waals surface area contributed by atoms with Gasteiger partial charge in [0.25, 0.3) is 5.91 Å². The molecule has 2 rings (SSSR count). The van der Waals surface area contributed by atoms with Crippen molar-refractivity contribution in [1.29, 1.82) is 0 Å². The number of rotatable bonds is 6. The number of aliphatic carboxylic acids is 1. The number of carbonyl (C=O) groups is 3. The van der Waals surface area contributed by atoms with Crippen LogP contribution in [0.5, 0.6) is 0 Å². The Morgan fingerprint density at radius 2 is 1.96 bits per heavy atom. The van der Waals surface area contributed by atoms with Gasteiger partial charge in [-0.3, -0.25) is 14.4 Å². The number of nitrogens with one attached hydrogen (secondary N) is 1. The molecule has 1 aromatic carbocycles. The van der Waals surface area contributed by atoms with Gasteiger partial charge in [0.1, 0.15) is 12.1 Å². The summed E-state index contributed by atoms with van der Waals surface area (Å²) in [6, 6.07) is 7.41. The van der Waals surface area contributed by atoms with Gasteiger partial charge in [0, 0.05) is 0 Å². The van der Waals surface area contributed by atoms with Crippen LogP contribution in [0.1, 0.15) is 26.7 Å². The Morgan fingerprint density at radius 3 is 2.65 bits per heavy atom. The van der Waals surface area contributed by atoms with Crippen LogP contribution in [0.4, 0.5) is 11.4 Å². The zero-order chi connectivity index (χ0) is 17.0. The number of para-hydroxylation sites is 2. The summed E-state index contributed by atoms with van der Waals surface area (Å²) in [5.74, 6) is -1.74. The molecule has 0 radical (unpaired) electrons. The molecule has 0 aromatic heterocycles. The second-order valence-electron chi connectivity index (χ2n) is 5.84. The van der Waals surface area contributed by atoms with E-state index in [9.17, 15) is 14.4 Å². The molecule has 0 saturated carbocycles. The lowest BCUT2D eigenvalue weighted by molar-refractivity contribution is -0.147. The van der Waals surface area contributed by atoms with Gasteiger partial charge >= 0.3 is 11.9 Å². The molecule has 1 aliphatic heterocycles. The third-order valence-corrected chi connectivity index (χ3v) is 3.54. The van der Waals surface area contributed by atoms with E-state index in [4.69, 9.17) is 9.84 Å². The summed E-state index contributed by atoms with van der Waals surface area (Å²) in [4.78, 5) is 36.0. The molecule has 0 fully saturated rings. The maximum atomic E-state index is 12.5. The van der Waals surface area contributed by atoms with Crippen LogP contribution in [-0.2, 0) is 19.1 Å². The first-order valence-electron chi connectivity index (χ1n) is 7.38. The van der Waals surface area contributed by atoms with Crippen LogP contribution in [0.2, 0.25) is 0 Å². The maximum Gasteiger partial charge on any atom is 0.306 e. The minimum Gasteiger partial charge on any atom is -0.481 e. The number of ether oxygens (including phenoxy) is 1. The molecule has 1 aliphatic rings. The Labute approximate surface area is 134 Å². The molecule has 1 heterocycles. The highest BCUT2D eigenvalue weighted by Crippen LogP contribution is 2.34. The third kappa shape index (κ3) is 4.00. The molecule has 0 atom stereocenters. The van der Waals surface area contributed by atoms with Crippen LogP contribution in [0.3, 0.4) is 0 Å². The largest absolute Gasteiger partial charge is 0.481 e.